The first-order valence-electron chi connectivity index (χ1n) is 6.72. The van der Waals surface area contributed by atoms with Crippen molar-refractivity contribution >= 4 is 45.2 Å². The number of carbonyl (C=O) groups excluding carboxylic acids is 1. The molecule has 1 aliphatic heterocycles. The van der Waals surface area contributed by atoms with E-state index in [0.717, 1.165) is 31.7 Å². The molecule has 0 aromatic rings. The molecular weight excluding hydrogens is 311 g/mol. The van der Waals surface area contributed by atoms with Gasteiger partial charge >= 0.3 is 12.0 Å². The van der Waals surface area contributed by atoms with Gasteiger partial charge in [0.1, 0.15) is 6.61 Å². The summed E-state index contributed by atoms with van der Waals surface area (Å²) in [4.78, 5) is 10.9. The first kappa shape index (κ1) is 16.6. The fourth-order valence-electron chi connectivity index (χ4n) is 2.07. The molecule has 1 unspecified atom stereocenters. The molecule has 1 atom stereocenters. The molecule has 1 aliphatic rings. The van der Waals surface area contributed by atoms with Gasteiger partial charge in [0.25, 0.3) is 0 Å². The van der Waals surface area contributed by atoms with Gasteiger partial charge in [-0.3, -0.25) is 4.79 Å². The molecule has 2 nitrogen and oxygen atoms in total. The minimum absolute atomic E-state index is 0.00845. The highest BCUT2D eigenvalue weighted by molar-refractivity contribution is 7.64. The van der Waals surface area contributed by atoms with Crippen LogP contribution in [0.4, 0.5) is 0 Å². The summed E-state index contributed by atoms with van der Waals surface area (Å²) >= 11 is 17.4. The topological polar surface area (TPSA) is 26.3 Å². The fourth-order valence-corrected chi connectivity index (χ4v) is 3.92. The van der Waals surface area contributed by atoms with Crippen molar-refractivity contribution < 1.29 is 9.53 Å². The number of halogens is 3. The van der Waals surface area contributed by atoms with E-state index in [9.17, 15) is 4.79 Å². The van der Waals surface area contributed by atoms with Gasteiger partial charge in [0.05, 0.1) is 5.92 Å². The van der Waals surface area contributed by atoms with Gasteiger partial charge < -0.3 is 4.74 Å². The lowest BCUT2D eigenvalue weighted by atomic mass is 9.98. The molecule has 0 spiro atoms. The van der Waals surface area contributed by atoms with Gasteiger partial charge in [-0.25, -0.2) is 0 Å². The first-order chi connectivity index (χ1) is 8.49. The normalized spacial score (nSPS) is 19.5. The highest BCUT2D eigenvalue weighted by atomic mass is 35.8. The number of hydrogen-bond donors (Lipinski definition) is 0. The minimum Gasteiger partial charge on any atom is -0.464 e. The SMILES string of the molecule is O=C1OCC1CCCCCCCCC[Si](Cl)(Cl)Cl. The lowest BCUT2D eigenvalue weighted by Crippen LogP contribution is -2.34. The van der Waals surface area contributed by atoms with E-state index in [1.807, 2.05) is 0 Å². The number of cyclic esters (lactones) is 1. The Labute approximate surface area is 124 Å². The lowest BCUT2D eigenvalue weighted by Gasteiger charge is -2.24. The molecule has 1 saturated heterocycles. The number of rotatable bonds is 10. The van der Waals surface area contributed by atoms with Crippen molar-refractivity contribution in [3.63, 3.8) is 0 Å². The molecule has 0 bridgehead atoms. The van der Waals surface area contributed by atoms with Crippen LogP contribution in [0, 0.1) is 5.92 Å². The summed E-state index contributed by atoms with van der Waals surface area (Å²) in [7, 11) is 0. The Morgan fingerprint density at radius 1 is 1.00 bits per heavy atom. The van der Waals surface area contributed by atoms with E-state index in [0.29, 0.717) is 6.61 Å². The van der Waals surface area contributed by atoms with Crippen LogP contribution in [-0.2, 0) is 9.53 Å². The standard InChI is InChI=1S/C12H21Cl3O2Si/c13-18(14,15)9-7-5-3-1-2-4-6-8-11-10-17-12(11)16/h11H,1-10H2. The van der Waals surface area contributed by atoms with Crippen molar-refractivity contribution in [1.82, 2.24) is 0 Å². The van der Waals surface area contributed by atoms with Crippen molar-refractivity contribution in [3.8, 4) is 0 Å². The smallest absolute Gasteiger partial charge is 0.341 e. The van der Waals surface area contributed by atoms with Crippen molar-refractivity contribution in [2.45, 2.75) is 57.4 Å². The van der Waals surface area contributed by atoms with E-state index >= 15 is 0 Å². The summed E-state index contributed by atoms with van der Waals surface area (Å²) in [5.74, 6) is 0.185. The highest BCUT2D eigenvalue weighted by Crippen LogP contribution is 2.27. The Morgan fingerprint density at radius 2 is 1.56 bits per heavy atom. The third-order valence-corrected chi connectivity index (χ3v) is 5.89. The second kappa shape index (κ2) is 8.67. The number of ether oxygens (including phenoxy) is 1. The summed E-state index contributed by atoms with van der Waals surface area (Å²) < 4.78 is 4.73. The molecule has 0 aromatic carbocycles. The lowest BCUT2D eigenvalue weighted by molar-refractivity contribution is -0.169. The Kier molecular flexibility index (Phi) is 8.00. The van der Waals surface area contributed by atoms with Crippen molar-refractivity contribution in [2.75, 3.05) is 6.61 Å². The monoisotopic (exact) mass is 330 g/mol. The quantitative estimate of drug-likeness (QED) is 0.245. The summed E-state index contributed by atoms with van der Waals surface area (Å²) in [5, 5.41) is 0. The van der Waals surface area contributed by atoms with Crippen LogP contribution in [0.1, 0.15) is 51.4 Å². The van der Waals surface area contributed by atoms with Crippen molar-refractivity contribution in [3.05, 3.63) is 0 Å². The van der Waals surface area contributed by atoms with E-state index < -0.39 is 6.00 Å². The molecule has 0 radical (unpaired) electrons. The van der Waals surface area contributed by atoms with Crippen LogP contribution in [0.2, 0.25) is 6.04 Å². The zero-order valence-corrected chi connectivity index (χ0v) is 13.9. The number of carbonyl (C=O) groups is 1. The zero-order valence-electron chi connectivity index (χ0n) is 10.6. The maximum absolute atomic E-state index is 10.9. The fraction of sp³-hybridized carbons (Fsp3) is 0.917. The molecule has 0 aliphatic carbocycles. The van der Waals surface area contributed by atoms with E-state index in [4.69, 9.17) is 38.0 Å². The molecule has 0 amide bonds. The Balaban J connectivity index is 1.77. The maximum Gasteiger partial charge on any atom is 0.341 e. The van der Waals surface area contributed by atoms with E-state index in [2.05, 4.69) is 0 Å². The average molecular weight is 332 g/mol. The van der Waals surface area contributed by atoms with Crippen LogP contribution in [0.25, 0.3) is 0 Å². The third kappa shape index (κ3) is 7.88. The molecule has 6 heteroatoms. The number of hydrogen-bond acceptors (Lipinski definition) is 2. The Hall–Kier alpha value is 0.557. The zero-order chi connectivity index (χ0) is 13.4. The van der Waals surface area contributed by atoms with Gasteiger partial charge in [0, 0.05) is 0 Å². The van der Waals surface area contributed by atoms with E-state index in [1.165, 1.54) is 25.7 Å². The van der Waals surface area contributed by atoms with Gasteiger partial charge in [0.15, 0.2) is 0 Å². The molecule has 0 saturated carbocycles. The second-order valence-electron chi connectivity index (χ2n) is 4.96. The first-order valence-corrected chi connectivity index (χ1v) is 12.0. The molecule has 1 fully saturated rings. The molecule has 1 heterocycles. The third-order valence-electron chi connectivity index (χ3n) is 3.27. The van der Waals surface area contributed by atoms with Gasteiger partial charge in [-0.2, -0.15) is 0 Å². The largest absolute Gasteiger partial charge is 0.464 e. The van der Waals surface area contributed by atoms with Crippen molar-refractivity contribution in [1.29, 1.82) is 0 Å². The maximum atomic E-state index is 10.9. The van der Waals surface area contributed by atoms with Crippen LogP contribution in [0.15, 0.2) is 0 Å². The van der Waals surface area contributed by atoms with Gasteiger partial charge in [-0.15, -0.1) is 33.2 Å². The van der Waals surface area contributed by atoms with Crippen LogP contribution in [0.3, 0.4) is 0 Å². The van der Waals surface area contributed by atoms with E-state index in [1.54, 1.807) is 0 Å². The van der Waals surface area contributed by atoms with Gasteiger partial charge in [-0.1, -0.05) is 44.9 Å². The second-order valence-corrected chi connectivity index (χ2v) is 14.2. The Morgan fingerprint density at radius 3 is 2.00 bits per heavy atom. The van der Waals surface area contributed by atoms with Gasteiger partial charge in [0.2, 0.25) is 0 Å². The predicted octanol–water partition coefficient (Wildman–Crippen LogP) is 4.94. The summed E-state index contributed by atoms with van der Waals surface area (Å²) in [6.07, 6.45) is 9.26. The van der Waals surface area contributed by atoms with E-state index in [-0.39, 0.29) is 11.9 Å². The summed E-state index contributed by atoms with van der Waals surface area (Å²) in [5.41, 5.74) is 0. The number of esters is 1. The summed E-state index contributed by atoms with van der Waals surface area (Å²) in [6.45, 7) is 0.639. The number of unbranched alkanes of at least 4 members (excludes halogenated alkanes) is 6. The molecular formula is C12H21Cl3O2Si. The van der Waals surface area contributed by atoms with Crippen LogP contribution in [0.5, 0.6) is 0 Å². The average Bonchev–Trinajstić information content (AvgIpc) is 2.28. The summed E-state index contributed by atoms with van der Waals surface area (Å²) in [6, 6.07) is -1.60. The van der Waals surface area contributed by atoms with Crippen LogP contribution < -0.4 is 0 Å². The predicted molar refractivity (Wildman–Crippen MR) is 79.5 cm³/mol. The molecule has 1 rings (SSSR count). The molecule has 18 heavy (non-hydrogen) atoms. The van der Waals surface area contributed by atoms with Gasteiger partial charge in [-0.05, 0) is 12.5 Å². The highest BCUT2D eigenvalue weighted by Gasteiger charge is 2.29. The van der Waals surface area contributed by atoms with Crippen molar-refractivity contribution in [2.24, 2.45) is 5.92 Å². The molecule has 0 N–H and O–H groups in total. The Bertz CT molecular complexity index is 256. The van der Waals surface area contributed by atoms with Crippen LogP contribution in [-0.4, -0.2) is 18.6 Å². The van der Waals surface area contributed by atoms with Crippen LogP contribution >= 0.6 is 33.2 Å². The molecule has 0 aromatic heterocycles. The molecule has 106 valence electrons. The minimum atomic E-state index is -2.38.